The maximum atomic E-state index is 12.0. The number of nitrogens with one attached hydrogen (secondary N) is 3. The molecule has 1 amide bonds. The Bertz CT molecular complexity index is 587. The van der Waals surface area contributed by atoms with E-state index in [-0.39, 0.29) is 24.1 Å². The summed E-state index contributed by atoms with van der Waals surface area (Å²) in [5.74, 6) is 1.76. The van der Waals surface area contributed by atoms with E-state index in [1.54, 1.807) is 0 Å². The second-order valence-corrected chi connectivity index (χ2v) is 8.05. The molecule has 0 spiro atoms. The number of aliphatic imine (C=N–C) groups is 1. The lowest BCUT2D eigenvalue weighted by Gasteiger charge is -2.20. The van der Waals surface area contributed by atoms with Crippen molar-refractivity contribution in [3.05, 3.63) is 24.3 Å². The molecule has 0 aliphatic heterocycles. The molecule has 0 saturated heterocycles. The predicted octanol–water partition coefficient (Wildman–Crippen LogP) is 3.40. The number of benzene rings is 1. The van der Waals surface area contributed by atoms with Gasteiger partial charge in [0.1, 0.15) is 12.3 Å². The summed E-state index contributed by atoms with van der Waals surface area (Å²) in [5.41, 5.74) is 0.616. The van der Waals surface area contributed by atoms with E-state index in [4.69, 9.17) is 4.74 Å². The van der Waals surface area contributed by atoms with E-state index in [9.17, 15) is 4.79 Å². The average Bonchev–Trinajstić information content (AvgIpc) is 2.49. The molecular formula is C20H34N4O2. The molecular weight excluding hydrogens is 328 g/mol. The Hall–Kier alpha value is -2.24. The molecule has 1 rings (SSSR count). The first-order chi connectivity index (χ1) is 12.0. The molecule has 3 N–H and O–H groups in total. The van der Waals surface area contributed by atoms with Crippen LogP contribution >= 0.6 is 0 Å². The second kappa shape index (κ2) is 10.0. The molecule has 146 valence electrons. The molecule has 0 bridgehead atoms. The second-order valence-electron chi connectivity index (χ2n) is 8.05. The predicted molar refractivity (Wildman–Crippen MR) is 109 cm³/mol. The maximum Gasteiger partial charge on any atom is 0.242 e. The smallest absolute Gasteiger partial charge is 0.242 e. The Balaban J connectivity index is 2.76. The molecule has 0 aliphatic rings. The van der Waals surface area contributed by atoms with E-state index in [1.807, 2.05) is 58.9 Å². The molecule has 0 saturated carbocycles. The van der Waals surface area contributed by atoms with Crippen LogP contribution in [0, 0.1) is 5.92 Å². The van der Waals surface area contributed by atoms with E-state index >= 15 is 0 Å². The van der Waals surface area contributed by atoms with Crippen molar-refractivity contribution in [1.29, 1.82) is 0 Å². The fourth-order valence-electron chi connectivity index (χ4n) is 2.07. The number of carbonyl (C=O) groups is 1. The molecule has 1 aromatic rings. The Labute approximate surface area is 157 Å². The summed E-state index contributed by atoms with van der Waals surface area (Å²) in [6.45, 7) is 14.9. The summed E-state index contributed by atoms with van der Waals surface area (Å²) >= 11 is 0. The number of carbonyl (C=O) groups excluding carboxylic acids is 1. The average molecular weight is 363 g/mol. The van der Waals surface area contributed by atoms with Gasteiger partial charge in [0.25, 0.3) is 0 Å². The van der Waals surface area contributed by atoms with Crippen LogP contribution in [0.4, 0.5) is 5.69 Å². The van der Waals surface area contributed by atoms with E-state index in [2.05, 4.69) is 34.8 Å². The Morgan fingerprint density at radius 3 is 2.23 bits per heavy atom. The monoisotopic (exact) mass is 362 g/mol. The summed E-state index contributed by atoms with van der Waals surface area (Å²) in [5, 5.41) is 9.41. The molecule has 6 heteroatoms. The van der Waals surface area contributed by atoms with Gasteiger partial charge >= 0.3 is 0 Å². The quantitative estimate of drug-likeness (QED) is 0.513. The molecule has 1 aromatic carbocycles. The largest absolute Gasteiger partial charge is 0.491 e. The third kappa shape index (κ3) is 9.91. The van der Waals surface area contributed by atoms with Gasteiger partial charge in [-0.2, -0.15) is 0 Å². The number of hydrogen-bond acceptors (Lipinski definition) is 3. The molecule has 0 unspecified atom stereocenters. The Morgan fingerprint density at radius 2 is 1.73 bits per heavy atom. The summed E-state index contributed by atoms with van der Waals surface area (Å²) in [7, 11) is 0. The third-order valence-corrected chi connectivity index (χ3v) is 3.06. The summed E-state index contributed by atoms with van der Waals surface area (Å²) < 4.78 is 5.65. The minimum Gasteiger partial charge on any atom is -0.491 e. The van der Waals surface area contributed by atoms with E-state index in [0.717, 1.165) is 18.0 Å². The van der Waals surface area contributed by atoms with E-state index < -0.39 is 0 Å². The van der Waals surface area contributed by atoms with Gasteiger partial charge in [-0.1, -0.05) is 13.8 Å². The van der Waals surface area contributed by atoms with Crippen LogP contribution in [0.3, 0.4) is 0 Å². The molecule has 0 aliphatic carbocycles. The van der Waals surface area contributed by atoms with Gasteiger partial charge in [0.2, 0.25) is 5.91 Å². The van der Waals surface area contributed by atoms with Crippen LogP contribution in [0.1, 0.15) is 48.5 Å². The Morgan fingerprint density at radius 1 is 1.12 bits per heavy atom. The Kier molecular flexibility index (Phi) is 8.42. The molecule has 0 heterocycles. The van der Waals surface area contributed by atoms with E-state index in [1.165, 1.54) is 0 Å². The van der Waals surface area contributed by atoms with Crippen LogP contribution in [0.2, 0.25) is 0 Å². The van der Waals surface area contributed by atoms with Gasteiger partial charge in [-0.3, -0.25) is 4.79 Å². The number of anilines is 1. The SMILES string of the molecule is CC(C)CNC(=NCC(=O)NC(C)(C)C)Nc1ccc(OC(C)C)cc1. The lowest BCUT2D eigenvalue weighted by atomic mass is 10.1. The van der Waals surface area contributed by atoms with Crippen molar-refractivity contribution in [3.63, 3.8) is 0 Å². The molecule has 26 heavy (non-hydrogen) atoms. The number of nitrogens with zero attached hydrogens (tertiary/aromatic N) is 1. The van der Waals surface area contributed by atoms with Gasteiger partial charge < -0.3 is 20.7 Å². The van der Waals surface area contributed by atoms with Gasteiger partial charge in [0.15, 0.2) is 5.96 Å². The van der Waals surface area contributed by atoms with E-state index in [0.29, 0.717) is 11.9 Å². The van der Waals surface area contributed by atoms with Crippen LogP contribution in [0.15, 0.2) is 29.3 Å². The molecule has 6 nitrogen and oxygen atoms in total. The molecule has 0 atom stereocenters. The maximum absolute atomic E-state index is 12.0. The van der Waals surface area contributed by atoms with Crippen molar-refractivity contribution >= 4 is 17.6 Å². The highest BCUT2D eigenvalue weighted by Gasteiger charge is 2.13. The van der Waals surface area contributed by atoms with Crippen molar-refractivity contribution in [3.8, 4) is 5.75 Å². The van der Waals surface area contributed by atoms with Gasteiger partial charge in [0.05, 0.1) is 6.10 Å². The number of rotatable bonds is 7. The fourth-order valence-corrected chi connectivity index (χ4v) is 2.07. The van der Waals surface area contributed by atoms with Crippen molar-refractivity contribution in [2.45, 2.75) is 60.1 Å². The molecule has 0 radical (unpaired) electrons. The summed E-state index contributed by atoms with van der Waals surface area (Å²) in [4.78, 5) is 16.4. The fraction of sp³-hybridized carbons (Fsp3) is 0.600. The van der Waals surface area contributed by atoms with Crippen molar-refractivity contribution in [2.24, 2.45) is 10.9 Å². The van der Waals surface area contributed by atoms with Gasteiger partial charge in [-0.15, -0.1) is 0 Å². The van der Waals surface area contributed by atoms with Gasteiger partial charge in [0, 0.05) is 17.8 Å². The van der Waals surface area contributed by atoms with Crippen molar-refractivity contribution < 1.29 is 9.53 Å². The van der Waals surface area contributed by atoms with Crippen LogP contribution < -0.4 is 20.7 Å². The zero-order chi connectivity index (χ0) is 19.7. The summed E-state index contributed by atoms with van der Waals surface area (Å²) in [6.07, 6.45) is 0.139. The highest BCUT2D eigenvalue weighted by molar-refractivity contribution is 5.95. The lowest BCUT2D eigenvalue weighted by molar-refractivity contribution is -0.121. The minimum absolute atomic E-state index is 0.0687. The van der Waals surface area contributed by atoms with Crippen LogP contribution in [0.25, 0.3) is 0 Å². The first kappa shape index (κ1) is 21.8. The van der Waals surface area contributed by atoms with Crippen molar-refractivity contribution in [2.75, 3.05) is 18.4 Å². The van der Waals surface area contributed by atoms with Gasteiger partial charge in [-0.05, 0) is 64.8 Å². The van der Waals surface area contributed by atoms with Crippen LogP contribution in [0.5, 0.6) is 5.75 Å². The lowest BCUT2D eigenvalue weighted by Crippen LogP contribution is -2.42. The first-order valence-electron chi connectivity index (χ1n) is 9.18. The third-order valence-electron chi connectivity index (χ3n) is 3.06. The normalized spacial score (nSPS) is 12.3. The molecule has 0 aromatic heterocycles. The zero-order valence-corrected chi connectivity index (χ0v) is 17.1. The van der Waals surface area contributed by atoms with Crippen LogP contribution in [-0.4, -0.2) is 36.6 Å². The zero-order valence-electron chi connectivity index (χ0n) is 17.1. The number of amides is 1. The number of guanidine groups is 1. The summed E-state index contributed by atoms with van der Waals surface area (Å²) in [6, 6.07) is 7.68. The standard InChI is InChI=1S/C20H34N4O2/c1-14(2)12-21-19(22-13-18(25)24-20(5,6)7)23-16-8-10-17(11-9-16)26-15(3)4/h8-11,14-15H,12-13H2,1-7H3,(H,24,25)(H2,21,22,23). The number of ether oxygens (including phenoxy) is 1. The highest BCUT2D eigenvalue weighted by Crippen LogP contribution is 2.16. The van der Waals surface area contributed by atoms with Crippen molar-refractivity contribution in [1.82, 2.24) is 10.6 Å². The highest BCUT2D eigenvalue weighted by atomic mass is 16.5. The molecule has 0 fully saturated rings. The number of hydrogen-bond donors (Lipinski definition) is 3. The van der Waals surface area contributed by atoms with Gasteiger partial charge in [-0.25, -0.2) is 4.99 Å². The van der Waals surface area contributed by atoms with Crippen LogP contribution in [-0.2, 0) is 4.79 Å². The first-order valence-corrected chi connectivity index (χ1v) is 9.18. The minimum atomic E-state index is -0.266. The topological polar surface area (TPSA) is 74.8 Å².